The normalized spacial score (nSPS) is 12.5. The van der Waals surface area contributed by atoms with Gasteiger partial charge in [0.15, 0.2) is 0 Å². The predicted octanol–water partition coefficient (Wildman–Crippen LogP) is 1.17. The van der Waals surface area contributed by atoms with E-state index in [1.165, 1.54) is 6.92 Å². The molecule has 0 aliphatic heterocycles. The van der Waals surface area contributed by atoms with Gasteiger partial charge in [0.25, 0.3) is 5.91 Å². The number of benzene rings is 1. The number of nitrogens with two attached hydrogens (primary N) is 1. The molecule has 0 fully saturated rings. The van der Waals surface area contributed by atoms with Crippen LogP contribution in [0.5, 0.6) is 5.88 Å². The van der Waals surface area contributed by atoms with Crippen molar-refractivity contribution in [3.63, 3.8) is 0 Å². The quantitative estimate of drug-likeness (QED) is 0.246. The molecule has 35 heavy (non-hydrogen) atoms. The lowest BCUT2D eigenvalue weighted by Gasteiger charge is -2.16. The Kier molecular flexibility index (Phi) is 10.3. The van der Waals surface area contributed by atoms with Crippen molar-refractivity contribution >= 4 is 34.4 Å². The zero-order valence-corrected chi connectivity index (χ0v) is 19.9. The van der Waals surface area contributed by atoms with Crippen LogP contribution in [-0.4, -0.2) is 57.7 Å². The fraction of sp³-hybridized carbons (Fsp3) is 0.429. The van der Waals surface area contributed by atoms with E-state index in [-0.39, 0.29) is 47.3 Å². The lowest BCUT2D eigenvalue weighted by molar-refractivity contribution is -0.123. The van der Waals surface area contributed by atoms with Crippen LogP contribution in [0.15, 0.2) is 12.1 Å². The molecule has 0 aliphatic rings. The maximum atomic E-state index is 14.0. The number of aromatic nitrogens is 1. The number of ether oxygens (including phenoxy) is 1. The molecule has 7 N–H and O–H groups in total. The van der Waals surface area contributed by atoms with E-state index in [2.05, 4.69) is 20.3 Å². The number of carbonyl (C=O) groups is 3. The monoisotopic (exact) mass is 515 g/mol. The van der Waals surface area contributed by atoms with Crippen LogP contribution < -0.4 is 26.4 Å². The molecule has 1 aromatic carbocycles. The molecule has 0 aliphatic carbocycles. The highest BCUT2D eigenvalue weighted by Crippen LogP contribution is 2.31. The molecule has 0 saturated heterocycles. The lowest BCUT2D eigenvalue weighted by Crippen LogP contribution is -2.37. The number of aryl methyl sites for hydroxylation is 1. The summed E-state index contributed by atoms with van der Waals surface area (Å²) < 4.78 is 37.2. The first-order valence-corrected chi connectivity index (χ1v) is 11.3. The van der Waals surface area contributed by atoms with E-state index in [1.807, 2.05) is 0 Å². The summed E-state index contributed by atoms with van der Waals surface area (Å²) in [6.45, 7) is 2.83. The Morgan fingerprint density at radius 1 is 1.17 bits per heavy atom. The van der Waals surface area contributed by atoms with Crippen LogP contribution in [0.3, 0.4) is 0 Å². The van der Waals surface area contributed by atoms with E-state index in [0.29, 0.717) is 23.6 Å². The fourth-order valence-electron chi connectivity index (χ4n) is 3.01. The molecule has 0 spiro atoms. The van der Waals surface area contributed by atoms with Crippen molar-refractivity contribution in [1.82, 2.24) is 15.0 Å². The maximum absolute atomic E-state index is 14.0. The fourth-order valence-corrected chi connectivity index (χ4v) is 3.74. The summed E-state index contributed by atoms with van der Waals surface area (Å²) in [6.07, 6.45) is -2.61. The zero-order valence-electron chi connectivity index (χ0n) is 19.1. The first-order chi connectivity index (χ1) is 16.5. The molecule has 11 nitrogen and oxygen atoms in total. The molecule has 1 heterocycles. The predicted molar refractivity (Wildman–Crippen MR) is 123 cm³/mol. The smallest absolute Gasteiger partial charge is 0.320 e. The van der Waals surface area contributed by atoms with Crippen LogP contribution in [0.2, 0.25) is 0 Å². The van der Waals surface area contributed by atoms with E-state index in [9.17, 15) is 33.4 Å². The van der Waals surface area contributed by atoms with Gasteiger partial charge in [-0.15, -0.1) is 0 Å². The van der Waals surface area contributed by atoms with E-state index in [0.717, 1.165) is 12.1 Å². The summed E-state index contributed by atoms with van der Waals surface area (Å²) >= 11 is 0.653. The summed E-state index contributed by atoms with van der Waals surface area (Å²) in [5, 5.41) is 26.9. The van der Waals surface area contributed by atoms with Gasteiger partial charge in [0.05, 0.1) is 24.2 Å². The van der Waals surface area contributed by atoms with Gasteiger partial charge in [-0.1, -0.05) is 0 Å². The van der Waals surface area contributed by atoms with Crippen molar-refractivity contribution in [3.8, 4) is 5.88 Å². The number of primary amides is 1. The minimum atomic E-state index is -1.15. The van der Waals surface area contributed by atoms with E-state index < -0.39 is 42.4 Å². The van der Waals surface area contributed by atoms with Crippen molar-refractivity contribution in [2.75, 3.05) is 18.4 Å². The molecule has 2 unspecified atom stereocenters. The Bertz CT molecular complexity index is 1040. The Morgan fingerprint density at radius 2 is 1.83 bits per heavy atom. The second kappa shape index (κ2) is 12.9. The molecule has 2 aromatic rings. The average Bonchev–Trinajstić information content (AvgIpc) is 3.14. The van der Waals surface area contributed by atoms with Gasteiger partial charge in [-0.05, 0) is 43.1 Å². The molecule has 192 valence electrons. The van der Waals surface area contributed by atoms with Crippen molar-refractivity contribution in [3.05, 3.63) is 40.5 Å². The lowest BCUT2D eigenvalue weighted by atomic mass is 10.1. The molecule has 1 aromatic heterocycles. The van der Waals surface area contributed by atoms with Gasteiger partial charge in [0.1, 0.15) is 28.8 Å². The SMILES string of the molecule is CCNC(=O)CC(O)CC(O)CNC(=O)Nc1snc(OCc2c(F)cc(C)cc2F)c1C(N)=O. The minimum absolute atomic E-state index is 0.0828. The van der Waals surface area contributed by atoms with Gasteiger partial charge < -0.3 is 31.3 Å². The number of rotatable bonds is 12. The first-order valence-electron chi connectivity index (χ1n) is 10.6. The number of carbonyl (C=O) groups excluding carboxylic acids is 3. The molecule has 0 saturated carbocycles. The zero-order chi connectivity index (χ0) is 26.1. The van der Waals surface area contributed by atoms with Gasteiger partial charge in [-0.3, -0.25) is 14.9 Å². The molecule has 4 amide bonds. The van der Waals surface area contributed by atoms with Gasteiger partial charge in [0, 0.05) is 19.5 Å². The summed E-state index contributed by atoms with van der Waals surface area (Å²) in [4.78, 5) is 35.5. The number of aliphatic hydroxyl groups is 2. The molecule has 0 radical (unpaired) electrons. The van der Waals surface area contributed by atoms with E-state index >= 15 is 0 Å². The first kappa shape index (κ1) is 27.9. The third kappa shape index (κ3) is 8.42. The number of amides is 4. The average molecular weight is 516 g/mol. The van der Waals surface area contributed by atoms with Crippen molar-refractivity contribution in [2.24, 2.45) is 5.73 Å². The highest BCUT2D eigenvalue weighted by Gasteiger charge is 2.23. The third-order valence-corrected chi connectivity index (χ3v) is 5.36. The number of hydrogen-bond donors (Lipinski definition) is 6. The van der Waals surface area contributed by atoms with Crippen LogP contribution in [0.1, 0.15) is 41.3 Å². The second-order valence-electron chi connectivity index (χ2n) is 7.59. The number of aliphatic hydroxyl groups excluding tert-OH is 2. The van der Waals surface area contributed by atoms with Gasteiger partial charge >= 0.3 is 6.03 Å². The van der Waals surface area contributed by atoms with Crippen LogP contribution in [0.25, 0.3) is 0 Å². The Hall–Kier alpha value is -3.36. The molecule has 0 bridgehead atoms. The van der Waals surface area contributed by atoms with Crippen molar-refractivity contribution in [2.45, 2.75) is 45.5 Å². The molecule has 14 heteroatoms. The maximum Gasteiger partial charge on any atom is 0.320 e. The third-order valence-electron chi connectivity index (χ3n) is 4.61. The van der Waals surface area contributed by atoms with E-state index in [1.54, 1.807) is 6.92 Å². The molecule has 2 rings (SSSR count). The minimum Gasteiger partial charge on any atom is -0.471 e. The number of urea groups is 1. The van der Waals surface area contributed by atoms with Crippen LogP contribution >= 0.6 is 11.5 Å². The topological polar surface area (TPSA) is 176 Å². The standard InChI is InChI=1S/C21H27F2N5O6S/c1-3-25-16(31)7-11(29)6-12(30)8-26-21(33)27-20-17(18(24)32)19(28-35-20)34-9-13-14(22)4-10(2)5-15(13)23/h4-5,11-12,29-30H,3,6-9H2,1-2H3,(H2,24,32)(H,25,31)(H2,26,27,33). The van der Waals surface area contributed by atoms with Crippen molar-refractivity contribution < 1.29 is 38.1 Å². The number of nitrogens with zero attached hydrogens (tertiary/aromatic N) is 1. The van der Waals surface area contributed by atoms with Crippen LogP contribution in [0.4, 0.5) is 18.6 Å². The largest absolute Gasteiger partial charge is 0.471 e. The van der Waals surface area contributed by atoms with Crippen LogP contribution in [0, 0.1) is 18.6 Å². The summed E-state index contributed by atoms with van der Waals surface area (Å²) in [7, 11) is 0. The Morgan fingerprint density at radius 3 is 2.43 bits per heavy atom. The summed E-state index contributed by atoms with van der Waals surface area (Å²) in [5.41, 5.74) is 5.07. The number of nitrogens with one attached hydrogen (secondary N) is 3. The molecular weight excluding hydrogens is 488 g/mol. The van der Waals surface area contributed by atoms with Gasteiger partial charge in [0.2, 0.25) is 11.8 Å². The van der Waals surface area contributed by atoms with E-state index in [4.69, 9.17) is 10.5 Å². The van der Waals surface area contributed by atoms with Gasteiger partial charge in [-0.25, -0.2) is 13.6 Å². The number of hydrogen-bond acceptors (Lipinski definition) is 8. The Labute approximate surface area is 203 Å². The number of anilines is 1. The highest BCUT2D eigenvalue weighted by molar-refractivity contribution is 7.11. The molecule has 2 atom stereocenters. The molecular formula is C21H27F2N5O6S. The highest BCUT2D eigenvalue weighted by atomic mass is 32.1. The second-order valence-corrected chi connectivity index (χ2v) is 8.36. The van der Waals surface area contributed by atoms with Gasteiger partial charge in [-0.2, -0.15) is 4.37 Å². The van der Waals surface area contributed by atoms with Crippen LogP contribution in [-0.2, 0) is 11.4 Å². The van der Waals surface area contributed by atoms with Crippen molar-refractivity contribution in [1.29, 1.82) is 0 Å². The number of halogens is 2. The Balaban J connectivity index is 1.94. The summed E-state index contributed by atoms with van der Waals surface area (Å²) in [6, 6.07) is 1.43. The summed E-state index contributed by atoms with van der Waals surface area (Å²) in [5.74, 6) is -3.34.